The number of fused-ring (bicyclic) bond motifs is 1. The number of pyridine rings is 1. The molecule has 3 heterocycles. The van der Waals surface area contributed by atoms with Crippen molar-refractivity contribution >= 4 is 22.7 Å². The van der Waals surface area contributed by atoms with Crippen LogP contribution in [0.15, 0.2) is 48.9 Å². The summed E-state index contributed by atoms with van der Waals surface area (Å²) < 4.78 is 8.74. The molecule has 0 saturated heterocycles. The lowest BCUT2D eigenvalue weighted by molar-refractivity contribution is 0.0527. The molecule has 1 N–H and O–H groups in total. The summed E-state index contributed by atoms with van der Waals surface area (Å²) in [7, 11) is 1.84. The van der Waals surface area contributed by atoms with Crippen LogP contribution in [-0.4, -0.2) is 37.1 Å². The van der Waals surface area contributed by atoms with Gasteiger partial charge in [0.15, 0.2) is 5.65 Å². The highest BCUT2D eigenvalue weighted by Gasteiger charge is 2.20. The zero-order valence-corrected chi connectivity index (χ0v) is 16.6. The van der Waals surface area contributed by atoms with Gasteiger partial charge in [0, 0.05) is 32.2 Å². The van der Waals surface area contributed by atoms with E-state index < -0.39 is 5.97 Å². The molecule has 0 radical (unpaired) electrons. The molecule has 4 rings (SSSR count). The van der Waals surface area contributed by atoms with Gasteiger partial charge in [-0.25, -0.2) is 14.5 Å². The summed E-state index contributed by atoms with van der Waals surface area (Å²) in [6.07, 6.45) is 5.19. The number of nitrogens with one attached hydrogen (secondary N) is 1. The lowest BCUT2D eigenvalue weighted by Gasteiger charge is -2.13. The highest BCUT2D eigenvalue weighted by molar-refractivity contribution is 6.05. The average molecular weight is 390 g/mol. The van der Waals surface area contributed by atoms with Gasteiger partial charge in [-0.2, -0.15) is 10.2 Å². The Bertz CT molecular complexity index is 1150. The summed E-state index contributed by atoms with van der Waals surface area (Å²) in [4.78, 5) is 16.9. The van der Waals surface area contributed by atoms with Gasteiger partial charge in [-0.1, -0.05) is 12.1 Å². The van der Waals surface area contributed by atoms with Crippen molar-refractivity contribution in [2.45, 2.75) is 20.4 Å². The molecule has 29 heavy (non-hydrogen) atoms. The number of aryl methyl sites for hydroxylation is 2. The van der Waals surface area contributed by atoms with Crippen LogP contribution in [0.25, 0.3) is 16.7 Å². The van der Waals surface area contributed by atoms with Crippen LogP contribution in [0.5, 0.6) is 0 Å². The van der Waals surface area contributed by atoms with E-state index in [0.29, 0.717) is 30.0 Å². The first-order chi connectivity index (χ1) is 14.1. The quantitative estimate of drug-likeness (QED) is 0.509. The van der Waals surface area contributed by atoms with Gasteiger partial charge < -0.3 is 10.1 Å². The summed E-state index contributed by atoms with van der Waals surface area (Å²) in [6, 6.07) is 9.96. The molecule has 0 amide bonds. The highest BCUT2D eigenvalue weighted by atomic mass is 16.5. The first-order valence-electron chi connectivity index (χ1n) is 9.40. The number of hydrogen-bond acceptors (Lipinski definition) is 6. The fraction of sp³-hybridized carbons (Fsp3) is 0.238. The Kier molecular flexibility index (Phi) is 4.99. The van der Waals surface area contributed by atoms with Crippen LogP contribution in [-0.2, 0) is 18.3 Å². The minimum absolute atomic E-state index is 0.303. The first kappa shape index (κ1) is 18.7. The second-order valence-electron chi connectivity index (χ2n) is 6.65. The van der Waals surface area contributed by atoms with E-state index in [9.17, 15) is 4.79 Å². The number of hydrogen-bond donors (Lipinski definition) is 1. The van der Waals surface area contributed by atoms with Crippen molar-refractivity contribution in [2.75, 3.05) is 11.9 Å². The molecular formula is C21H22N6O2. The predicted octanol–water partition coefficient (Wildman–Crippen LogP) is 3.25. The minimum Gasteiger partial charge on any atom is -0.462 e. The molecule has 0 aliphatic heterocycles. The maximum absolute atomic E-state index is 12.5. The number of esters is 1. The molecule has 0 atom stereocenters. The summed E-state index contributed by atoms with van der Waals surface area (Å²) in [5, 5.41) is 12.9. The monoisotopic (exact) mass is 390 g/mol. The van der Waals surface area contributed by atoms with E-state index in [4.69, 9.17) is 4.74 Å². The number of rotatable bonds is 6. The summed E-state index contributed by atoms with van der Waals surface area (Å²) >= 11 is 0. The van der Waals surface area contributed by atoms with Crippen LogP contribution in [0.2, 0.25) is 0 Å². The Morgan fingerprint density at radius 2 is 2.03 bits per heavy atom. The fourth-order valence-corrected chi connectivity index (χ4v) is 3.34. The Labute approximate surface area is 168 Å². The van der Waals surface area contributed by atoms with Crippen LogP contribution in [0.3, 0.4) is 0 Å². The van der Waals surface area contributed by atoms with Crippen molar-refractivity contribution in [3.8, 4) is 5.69 Å². The molecule has 0 aliphatic rings. The van der Waals surface area contributed by atoms with Gasteiger partial charge in [0.2, 0.25) is 0 Å². The Hall–Kier alpha value is -3.68. The van der Waals surface area contributed by atoms with E-state index in [-0.39, 0.29) is 0 Å². The second-order valence-corrected chi connectivity index (χ2v) is 6.65. The maximum atomic E-state index is 12.5. The molecule has 8 heteroatoms. The first-order valence-corrected chi connectivity index (χ1v) is 9.40. The van der Waals surface area contributed by atoms with Crippen molar-refractivity contribution in [1.82, 2.24) is 24.5 Å². The molecule has 0 unspecified atom stereocenters. The normalized spacial score (nSPS) is 11.0. The van der Waals surface area contributed by atoms with Gasteiger partial charge >= 0.3 is 5.97 Å². The molecular weight excluding hydrogens is 368 g/mol. The number of benzene rings is 1. The predicted molar refractivity (Wildman–Crippen MR) is 110 cm³/mol. The number of carbonyl (C=O) groups is 1. The topological polar surface area (TPSA) is 86.9 Å². The Morgan fingerprint density at radius 3 is 2.72 bits per heavy atom. The molecule has 0 bridgehead atoms. The van der Waals surface area contributed by atoms with Crippen LogP contribution in [0.1, 0.15) is 28.5 Å². The Morgan fingerprint density at radius 1 is 1.24 bits per heavy atom. The number of carbonyl (C=O) groups excluding carboxylic acids is 1. The molecule has 4 aromatic rings. The molecule has 0 spiro atoms. The van der Waals surface area contributed by atoms with Crippen molar-refractivity contribution in [1.29, 1.82) is 0 Å². The zero-order valence-electron chi connectivity index (χ0n) is 16.6. The zero-order chi connectivity index (χ0) is 20.4. The van der Waals surface area contributed by atoms with Gasteiger partial charge in [-0.05, 0) is 37.6 Å². The number of nitrogens with zero attached hydrogens (tertiary/aromatic N) is 5. The van der Waals surface area contributed by atoms with E-state index in [0.717, 1.165) is 22.3 Å². The molecule has 8 nitrogen and oxygen atoms in total. The summed E-state index contributed by atoms with van der Waals surface area (Å²) in [5.41, 5.74) is 4.67. The van der Waals surface area contributed by atoms with Gasteiger partial charge in [-0.3, -0.25) is 4.68 Å². The van der Waals surface area contributed by atoms with Crippen LogP contribution >= 0.6 is 0 Å². The number of anilines is 1. The van der Waals surface area contributed by atoms with Crippen molar-refractivity contribution in [3.05, 3.63) is 65.7 Å². The standard InChI is InChI=1S/C21H22N6O2/c1-4-29-21(28)17-13-23-20-18(14(2)25-26(20)3)19(17)22-12-15-6-8-16(9-7-15)27-11-5-10-24-27/h5-11,13H,4,12H2,1-3H3,(H,22,23). The van der Waals surface area contributed by atoms with Crippen LogP contribution < -0.4 is 5.32 Å². The lowest BCUT2D eigenvalue weighted by atomic mass is 10.1. The fourth-order valence-electron chi connectivity index (χ4n) is 3.34. The molecule has 148 valence electrons. The van der Waals surface area contributed by atoms with Crippen LogP contribution in [0.4, 0.5) is 5.69 Å². The smallest absolute Gasteiger partial charge is 0.341 e. The minimum atomic E-state index is -0.401. The summed E-state index contributed by atoms with van der Waals surface area (Å²) in [6.45, 7) is 4.53. The van der Waals surface area contributed by atoms with Gasteiger partial charge in [0.25, 0.3) is 0 Å². The van der Waals surface area contributed by atoms with Gasteiger partial charge in [0.1, 0.15) is 5.56 Å². The van der Waals surface area contributed by atoms with Crippen molar-refractivity contribution in [2.24, 2.45) is 7.05 Å². The van der Waals surface area contributed by atoms with E-state index in [1.165, 1.54) is 0 Å². The molecule has 0 saturated carbocycles. The van der Waals surface area contributed by atoms with E-state index in [2.05, 4.69) is 20.5 Å². The average Bonchev–Trinajstić information content (AvgIpc) is 3.35. The molecule has 1 aromatic carbocycles. The van der Waals surface area contributed by atoms with Crippen molar-refractivity contribution in [3.63, 3.8) is 0 Å². The lowest BCUT2D eigenvalue weighted by Crippen LogP contribution is -2.11. The van der Waals surface area contributed by atoms with E-state index in [1.54, 1.807) is 24.0 Å². The van der Waals surface area contributed by atoms with Crippen LogP contribution in [0, 0.1) is 6.92 Å². The molecule has 0 aliphatic carbocycles. The van der Waals surface area contributed by atoms with Gasteiger partial charge in [-0.15, -0.1) is 0 Å². The summed E-state index contributed by atoms with van der Waals surface area (Å²) in [5.74, 6) is -0.401. The van der Waals surface area contributed by atoms with E-state index >= 15 is 0 Å². The maximum Gasteiger partial charge on any atom is 0.341 e. The molecule has 3 aromatic heterocycles. The third-order valence-corrected chi connectivity index (χ3v) is 4.70. The number of ether oxygens (including phenoxy) is 1. The Balaban J connectivity index is 1.65. The molecule has 0 fully saturated rings. The second kappa shape index (κ2) is 7.75. The number of aromatic nitrogens is 5. The van der Waals surface area contributed by atoms with Gasteiger partial charge in [0.05, 0.1) is 29.1 Å². The third kappa shape index (κ3) is 3.56. The van der Waals surface area contributed by atoms with Crippen molar-refractivity contribution < 1.29 is 9.53 Å². The SMILES string of the molecule is CCOC(=O)c1cnc2c(c(C)nn2C)c1NCc1ccc(-n2cccn2)cc1. The van der Waals surface area contributed by atoms with E-state index in [1.807, 2.05) is 55.2 Å². The largest absolute Gasteiger partial charge is 0.462 e. The highest BCUT2D eigenvalue weighted by Crippen LogP contribution is 2.29. The third-order valence-electron chi connectivity index (χ3n) is 4.70.